The number of nitrogens with two attached hydrogens (primary N) is 1. The first kappa shape index (κ1) is 28.9. The molecule has 0 aromatic heterocycles. The molecule has 0 spiro atoms. The monoisotopic (exact) mass is 543 g/mol. The lowest BCUT2D eigenvalue weighted by Crippen LogP contribution is -2.45. The molecule has 1 fully saturated rings. The first-order chi connectivity index (χ1) is 19.3. The van der Waals surface area contributed by atoms with Gasteiger partial charge in [0.15, 0.2) is 0 Å². The van der Waals surface area contributed by atoms with Crippen molar-refractivity contribution in [1.29, 1.82) is 0 Å². The second-order valence-corrected chi connectivity index (χ2v) is 10.5. The number of carbonyl (C=O) groups excluding carboxylic acids is 2. The van der Waals surface area contributed by atoms with Crippen molar-refractivity contribution in [3.8, 4) is 0 Å². The largest absolute Gasteiger partial charge is 0.397 e. The predicted molar refractivity (Wildman–Crippen MR) is 164 cm³/mol. The van der Waals surface area contributed by atoms with Crippen LogP contribution in [0.2, 0.25) is 0 Å². The number of likely N-dealkylation sites (N-methyl/N-ethyl adjacent to an activating group) is 1. The van der Waals surface area contributed by atoms with E-state index in [0.29, 0.717) is 30.0 Å². The maximum absolute atomic E-state index is 13.4. The van der Waals surface area contributed by atoms with Crippen molar-refractivity contribution in [2.24, 2.45) is 0 Å². The lowest BCUT2D eigenvalue weighted by atomic mass is 10.1. The van der Waals surface area contributed by atoms with Crippen LogP contribution in [0.5, 0.6) is 0 Å². The zero-order chi connectivity index (χ0) is 28.5. The lowest BCUT2D eigenvalue weighted by Gasteiger charge is -2.33. The Morgan fingerprint density at radius 1 is 0.875 bits per heavy atom. The van der Waals surface area contributed by atoms with Crippen LogP contribution in [-0.4, -0.2) is 87.0 Å². The van der Waals surface area contributed by atoms with E-state index in [4.69, 9.17) is 5.73 Å². The number of hydrogen-bond acceptors (Lipinski definition) is 6. The molecule has 9 heteroatoms. The van der Waals surface area contributed by atoms with Gasteiger partial charge in [0.05, 0.1) is 11.4 Å². The molecule has 212 valence electrons. The van der Waals surface area contributed by atoms with E-state index in [1.54, 1.807) is 24.3 Å². The lowest BCUT2D eigenvalue weighted by molar-refractivity contribution is 0.102. The van der Waals surface area contributed by atoms with Crippen LogP contribution in [0.1, 0.15) is 22.3 Å². The van der Waals surface area contributed by atoms with Crippen molar-refractivity contribution in [2.45, 2.75) is 13.0 Å². The highest BCUT2D eigenvalue weighted by Crippen LogP contribution is 2.19. The fourth-order valence-corrected chi connectivity index (χ4v) is 4.64. The molecule has 0 saturated carbocycles. The number of carbonyl (C=O) groups is 2. The van der Waals surface area contributed by atoms with Crippen molar-refractivity contribution in [2.75, 3.05) is 81.7 Å². The summed E-state index contributed by atoms with van der Waals surface area (Å²) in [4.78, 5) is 34.8. The summed E-state index contributed by atoms with van der Waals surface area (Å²) >= 11 is 0. The first-order valence-electron chi connectivity index (χ1n) is 13.8. The first-order valence-corrected chi connectivity index (χ1v) is 13.8. The van der Waals surface area contributed by atoms with Gasteiger partial charge < -0.3 is 36.0 Å². The molecule has 3 amide bonds. The summed E-state index contributed by atoms with van der Waals surface area (Å²) in [6, 6.07) is 22.2. The molecule has 0 atom stereocenters. The number of hydrogen-bond donors (Lipinski definition) is 3. The van der Waals surface area contributed by atoms with Gasteiger partial charge in [0.25, 0.3) is 5.91 Å². The van der Waals surface area contributed by atoms with Gasteiger partial charge in [0.1, 0.15) is 0 Å². The molecule has 0 unspecified atom stereocenters. The summed E-state index contributed by atoms with van der Waals surface area (Å²) in [5.74, 6) is -0.229. The number of nitrogens with one attached hydrogen (secondary N) is 2. The van der Waals surface area contributed by atoms with E-state index in [0.717, 1.165) is 56.1 Å². The molecule has 1 saturated heterocycles. The molecule has 1 aliphatic rings. The highest BCUT2D eigenvalue weighted by molar-refractivity contribution is 6.05. The van der Waals surface area contributed by atoms with Gasteiger partial charge in [-0.2, -0.15) is 0 Å². The van der Waals surface area contributed by atoms with Crippen LogP contribution in [0.15, 0.2) is 72.8 Å². The number of nitrogens with zero attached hydrogens (tertiary/aromatic N) is 4. The number of amides is 3. The Kier molecular flexibility index (Phi) is 9.99. The molecular formula is C31H41N7O2. The Morgan fingerprint density at radius 3 is 2.20 bits per heavy atom. The average Bonchev–Trinajstić information content (AvgIpc) is 2.95. The highest BCUT2D eigenvalue weighted by atomic mass is 16.2. The van der Waals surface area contributed by atoms with E-state index < -0.39 is 0 Å². The van der Waals surface area contributed by atoms with Gasteiger partial charge in [-0.1, -0.05) is 24.3 Å². The number of rotatable bonds is 10. The van der Waals surface area contributed by atoms with E-state index in [2.05, 4.69) is 27.5 Å². The number of urea groups is 1. The van der Waals surface area contributed by atoms with Crippen LogP contribution < -0.4 is 21.3 Å². The minimum Gasteiger partial charge on any atom is -0.397 e. The summed E-state index contributed by atoms with van der Waals surface area (Å²) in [5, 5.41) is 5.91. The van der Waals surface area contributed by atoms with Crippen LogP contribution in [-0.2, 0) is 6.54 Å². The SMILES string of the molecule is CN1CCN(CCCN(Cc2ccc(C(=O)Nc3ccccc3N)cc2)C(=O)Nc2ccc(N(C)C)cc2)CC1. The van der Waals surface area contributed by atoms with E-state index in [1.165, 1.54) is 0 Å². The molecule has 0 radical (unpaired) electrons. The number of para-hydroxylation sites is 2. The van der Waals surface area contributed by atoms with Gasteiger partial charge >= 0.3 is 6.03 Å². The van der Waals surface area contributed by atoms with Gasteiger partial charge in [-0.05, 0) is 74.1 Å². The van der Waals surface area contributed by atoms with Crippen molar-refractivity contribution < 1.29 is 9.59 Å². The van der Waals surface area contributed by atoms with E-state index in [-0.39, 0.29) is 11.9 Å². The molecule has 1 aliphatic heterocycles. The van der Waals surface area contributed by atoms with Crippen molar-refractivity contribution in [3.63, 3.8) is 0 Å². The summed E-state index contributed by atoms with van der Waals surface area (Å²) < 4.78 is 0. The Bertz CT molecular complexity index is 1250. The normalized spacial score (nSPS) is 14.0. The van der Waals surface area contributed by atoms with Crippen LogP contribution in [0, 0.1) is 0 Å². The number of benzene rings is 3. The minimum absolute atomic E-state index is 0.141. The van der Waals surface area contributed by atoms with E-state index in [9.17, 15) is 9.59 Å². The molecule has 3 aromatic carbocycles. The smallest absolute Gasteiger partial charge is 0.322 e. The molecule has 0 bridgehead atoms. The van der Waals surface area contributed by atoms with Gasteiger partial charge in [0.2, 0.25) is 0 Å². The fourth-order valence-electron chi connectivity index (χ4n) is 4.64. The molecular weight excluding hydrogens is 502 g/mol. The fraction of sp³-hybridized carbons (Fsp3) is 0.355. The Labute approximate surface area is 237 Å². The zero-order valence-electron chi connectivity index (χ0n) is 23.8. The molecule has 40 heavy (non-hydrogen) atoms. The Balaban J connectivity index is 1.40. The van der Waals surface area contributed by atoms with E-state index >= 15 is 0 Å². The minimum atomic E-state index is -0.229. The molecule has 9 nitrogen and oxygen atoms in total. The van der Waals surface area contributed by atoms with E-state index in [1.807, 2.05) is 72.4 Å². The summed E-state index contributed by atoms with van der Waals surface area (Å²) in [5.41, 5.74) is 10.4. The predicted octanol–water partition coefficient (Wildman–Crippen LogP) is 4.26. The summed E-state index contributed by atoms with van der Waals surface area (Å²) in [7, 11) is 6.13. The highest BCUT2D eigenvalue weighted by Gasteiger charge is 2.18. The van der Waals surface area contributed by atoms with Crippen LogP contribution in [0.25, 0.3) is 0 Å². The molecule has 4 N–H and O–H groups in total. The number of anilines is 4. The van der Waals surface area contributed by atoms with Gasteiger partial charge in [0, 0.05) is 70.3 Å². The molecule has 4 rings (SSSR count). The van der Waals surface area contributed by atoms with Crippen LogP contribution in [0.4, 0.5) is 27.5 Å². The number of nitrogen functional groups attached to an aromatic ring is 1. The van der Waals surface area contributed by atoms with Crippen molar-refractivity contribution in [3.05, 3.63) is 83.9 Å². The second-order valence-electron chi connectivity index (χ2n) is 10.5. The summed E-state index contributed by atoms with van der Waals surface area (Å²) in [6.07, 6.45) is 0.885. The maximum atomic E-state index is 13.4. The second kappa shape index (κ2) is 13.8. The van der Waals surface area contributed by atoms with Crippen LogP contribution >= 0.6 is 0 Å². The van der Waals surface area contributed by atoms with Crippen molar-refractivity contribution >= 4 is 34.7 Å². The molecule has 1 heterocycles. The Morgan fingerprint density at radius 2 is 1.55 bits per heavy atom. The average molecular weight is 544 g/mol. The standard InChI is InChI=1S/C31H41N7O2/c1-35(2)27-15-13-26(14-16-27)33-31(40)38(18-6-17-37-21-19-36(3)20-22-37)23-24-9-11-25(12-10-24)30(39)34-29-8-5-4-7-28(29)32/h4-5,7-16H,6,17-23,32H2,1-3H3,(H,33,40)(H,34,39). The third kappa shape index (κ3) is 8.21. The Hall–Kier alpha value is -4.08. The quantitative estimate of drug-likeness (QED) is 0.331. The summed E-state index contributed by atoms with van der Waals surface area (Å²) in [6.45, 7) is 6.28. The zero-order valence-corrected chi connectivity index (χ0v) is 23.8. The third-order valence-electron chi connectivity index (χ3n) is 7.22. The van der Waals surface area contributed by atoms with Gasteiger partial charge in [-0.25, -0.2) is 4.79 Å². The molecule has 3 aromatic rings. The van der Waals surface area contributed by atoms with Gasteiger partial charge in [-0.3, -0.25) is 4.79 Å². The van der Waals surface area contributed by atoms with Crippen molar-refractivity contribution in [1.82, 2.24) is 14.7 Å². The third-order valence-corrected chi connectivity index (χ3v) is 7.22. The topological polar surface area (TPSA) is 97.2 Å². The maximum Gasteiger partial charge on any atom is 0.322 e. The van der Waals surface area contributed by atoms with Gasteiger partial charge in [-0.15, -0.1) is 0 Å². The van der Waals surface area contributed by atoms with Crippen LogP contribution in [0.3, 0.4) is 0 Å². The molecule has 0 aliphatic carbocycles. The number of piperazine rings is 1.